The number of aromatic nitrogens is 1. The molecule has 0 aliphatic carbocycles. The standard InChI is InChI=1S/C17H23N3O4S/c1-4-5-14-6-8-15(9-7-14)19-16(21)10-11-18-25(22,23)17-12(2)20-24-13(17)3/h6-9,18H,4-5,10-11H2,1-3H3,(H,19,21). The third-order valence-corrected chi connectivity index (χ3v) is 5.36. The van der Waals surface area contributed by atoms with Gasteiger partial charge in [0.1, 0.15) is 10.6 Å². The number of carbonyl (C=O) groups is 1. The molecule has 0 saturated heterocycles. The summed E-state index contributed by atoms with van der Waals surface area (Å²) in [6, 6.07) is 7.63. The molecule has 1 aromatic heterocycles. The molecule has 1 heterocycles. The molecule has 0 radical (unpaired) electrons. The Hall–Kier alpha value is -2.19. The molecule has 1 amide bonds. The van der Waals surface area contributed by atoms with E-state index in [1.807, 2.05) is 24.3 Å². The first-order chi connectivity index (χ1) is 11.8. The van der Waals surface area contributed by atoms with Crippen LogP contribution in [-0.4, -0.2) is 26.0 Å². The molecule has 2 rings (SSSR count). The highest BCUT2D eigenvalue weighted by Gasteiger charge is 2.23. The van der Waals surface area contributed by atoms with Gasteiger partial charge in [0, 0.05) is 18.7 Å². The molecular weight excluding hydrogens is 342 g/mol. The van der Waals surface area contributed by atoms with Gasteiger partial charge in [0.05, 0.1) is 0 Å². The van der Waals surface area contributed by atoms with Gasteiger partial charge in [-0.2, -0.15) is 0 Å². The third kappa shape index (κ3) is 5.14. The Bertz CT molecular complexity index is 807. The summed E-state index contributed by atoms with van der Waals surface area (Å²) in [6.45, 7) is 5.19. The van der Waals surface area contributed by atoms with Crippen molar-refractivity contribution in [2.24, 2.45) is 0 Å². The molecule has 0 saturated carbocycles. The lowest BCUT2D eigenvalue weighted by molar-refractivity contribution is -0.116. The number of hydrogen-bond donors (Lipinski definition) is 2. The minimum absolute atomic E-state index is 0.00779. The monoisotopic (exact) mass is 365 g/mol. The zero-order valence-electron chi connectivity index (χ0n) is 14.6. The lowest BCUT2D eigenvalue weighted by Crippen LogP contribution is -2.28. The van der Waals surface area contributed by atoms with Gasteiger partial charge >= 0.3 is 0 Å². The van der Waals surface area contributed by atoms with E-state index in [1.54, 1.807) is 6.92 Å². The molecule has 0 spiro atoms. The molecule has 0 aliphatic heterocycles. The van der Waals surface area contributed by atoms with Crippen molar-refractivity contribution >= 4 is 21.6 Å². The molecule has 1 aromatic carbocycles. The van der Waals surface area contributed by atoms with Crippen molar-refractivity contribution < 1.29 is 17.7 Å². The minimum Gasteiger partial charge on any atom is -0.360 e. The number of sulfonamides is 1. The molecule has 8 heteroatoms. The van der Waals surface area contributed by atoms with Crippen LogP contribution in [0.2, 0.25) is 0 Å². The number of benzene rings is 1. The Kier molecular flexibility index (Phi) is 6.33. The fourth-order valence-electron chi connectivity index (χ4n) is 2.50. The van der Waals surface area contributed by atoms with Gasteiger partial charge in [-0.25, -0.2) is 13.1 Å². The number of nitrogens with one attached hydrogen (secondary N) is 2. The number of anilines is 1. The lowest BCUT2D eigenvalue weighted by atomic mass is 10.1. The fourth-order valence-corrected chi connectivity index (χ4v) is 3.85. The van der Waals surface area contributed by atoms with Gasteiger partial charge < -0.3 is 9.84 Å². The quantitative estimate of drug-likeness (QED) is 0.748. The van der Waals surface area contributed by atoms with Crippen LogP contribution >= 0.6 is 0 Å². The summed E-state index contributed by atoms with van der Waals surface area (Å²) in [5.74, 6) is -0.0358. The zero-order chi connectivity index (χ0) is 18.4. The van der Waals surface area contributed by atoms with Crippen LogP contribution in [-0.2, 0) is 21.2 Å². The molecule has 0 unspecified atom stereocenters. The first-order valence-electron chi connectivity index (χ1n) is 8.15. The minimum atomic E-state index is -3.75. The van der Waals surface area contributed by atoms with Gasteiger partial charge in [0.2, 0.25) is 15.9 Å². The lowest BCUT2D eigenvalue weighted by Gasteiger charge is -2.08. The van der Waals surface area contributed by atoms with E-state index >= 15 is 0 Å². The maximum atomic E-state index is 12.2. The van der Waals surface area contributed by atoms with E-state index in [1.165, 1.54) is 12.5 Å². The van der Waals surface area contributed by atoms with Gasteiger partial charge in [-0.05, 0) is 38.0 Å². The molecule has 0 fully saturated rings. The second kappa shape index (κ2) is 8.26. The van der Waals surface area contributed by atoms with E-state index in [0.717, 1.165) is 12.8 Å². The Morgan fingerprint density at radius 1 is 1.20 bits per heavy atom. The van der Waals surface area contributed by atoms with Crippen LogP contribution in [0.25, 0.3) is 0 Å². The SMILES string of the molecule is CCCc1ccc(NC(=O)CCNS(=O)(=O)c2c(C)noc2C)cc1. The van der Waals surface area contributed by atoms with E-state index in [2.05, 4.69) is 22.1 Å². The van der Waals surface area contributed by atoms with Crippen molar-refractivity contribution in [2.75, 3.05) is 11.9 Å². The molecule has 0 aliphatic rings. The van der Waals surface area contributed by atoms with E-state index in [-0.39, 0.29) is 29.5 Å². The Morgan fingerprint density at radius 2 is 1.88 bits per heavy atom. The topological polar surface area (TPSA) is 101 Å². The molecule has 0 bridgehead atoms. The molecule has 7 nitrogen and oxygen atoms in total. The predicted octanol–water partition coefficient (Wildman–Crippen LogP) is 2.55. The third-order valence-electron chi connectivity index (χ3n) is 3.66. The van der Waals surface area contributed by atoms with Crippen molar-refractivity contribution in [3.8, 4) is 0 Å². The van der Waals surface area contributed by atoms with Gasteiger partial charge in [-0.3, -0.25) is 4.79 Å². The van der Waals surface area contributed by atoms with Crippen LogP contribution < -0.4 is 10.0 Å². The molecule has 25 heavy (non-hydrogen) atoms. The van der Waals surface area contributed by atoms with Crippen LogP contribution in [0, 0.1) is 13.8 Å². The van der Waals surface area contributed by atoms with Gasteiger partial charge in [0.25, 0.3) is 0 Å². The number of nitrogens with zero attached hydrogens (tertiary/aromatic N) is 1. The summed E-state index contributed by atoms with van der Waals surface area (Å²) < 4.78 is 31.7. The highest BCUT2D eigenvalue weighted by molar-refractivity contribution is 7.89. The van der Waals surface area contributed by atoms with Crippen molar-refractivity contribution in [1.82, 2.24) is 9.88 Å². The molecule has 136 valence electrons. The molecule has 2 aromatic rings. The number of rotatable bonds is 8. The first kappa shape index (κ1) is 19.1. The number of aryl methyl sites for hydroxylation is 3. The fraction of sp³-hybridized carbons (Fsp3) is 0.412. The van der Waals surface area contributed by atoms with E-state index in [9.17, 15) is 13.2 Å². The maximum absolute atomic E-state index is 12.2. The largest absolute Gasteiger partial charge is 0.360 e. The highest BCUT2D eigenvalue weighted by atomic mass is 32.2. The Labute approximate surface area is 147 Å². The second-order valence-electron chi connectivity index (χ2n) is 5.80. The van der Waals surface area contributed by atoms with Crippen LogP contribution in [0.1, 0.15) is 36.8 Å². The summed E-state index contributed by atoms with van der Waals surface area (Å²) in [4.78, 5) is 12.0. The van der Waals surface area contributed by atoms with E-state index in [0.29, 0.717) is 11.4 Å². The van der Waals surface area contributed by atoms with Crippen molar-refractivity contribution in [1.29, 1.82) is 0 Å². The summed E-state index contributed by atoms with van der Waals surface area (Å²) >= 11 is 0. The summed E-state index contributed by atoms with van der Waals surface area (Å²) in [6.07, 6.45) is 2.09. The van der Waals surface area contributed by atoms with Gasteiger partial charge in [-0.15, -0.1) is 0 Å². The second-order valence-corrected chi connectivity index (χ2v) is 7.50. The zero-order valence-corrected chi connectivity index (χ0v) is 15.4. The van der Waals surface area contributed by atoms with Crippen LogP contribution in [0.5, 0.6) is 0 Å². The molecular formula is C17H23N3O4S. The normalized spacial score (nSPS) is 11.5. The number of hydrogen-bond acceptors (Lipinski definition) is 5. The number of amides is 1. The summed E-state index contributed by atoms with van der Waals surface area (Å²) in [5, 5.41) is 6.38. The van der Waals surface area contributed by atoms with Crippen molar-refractivity contribution in [2.45, 2.75) is 44.9 Å². The Balaban J connectivity index is 1.86. The average Bonchev–Trinajstić information content (AvgIpc) is 2.89. The summed E-state index contributed by atoms with van der Waals surface area (Å²) in [5.41, 5.74) is 2.20. The van der Waals surface area contributed by atoms with Crippen molar-refractivity contribution in [3.05, 3.63) is 41.3 Å². The first-order valence-corrected chi connectivity index (χ1v) is 9.63. The van der Waals surface area contributed by atoms with E-state index in [4.69, 9.17) is 4.52 Å². The van der Waals surface area contributed by atoms with Gasteiger partial charge in [-0.1, -0.05) is 30.6 Å². The Morgan fingerprint density at radius 3 is 2.44 bits per heavy atom. The number of carbonyl (C=O) groups excluding carboxylic acids is 1. The van der Waals surface area contributed by atoms with Crippen LogP contribution in [0.15, 0.2) is 33.7 Å². The highest BCUT2D eigenvalue weighted by Crippen LogP contribution is 2.18. The van der Waals surface area contributed by atoms with Crippen LogP contribution in [0.4, 0.5) is 5.69 Å². The van der Waals surface area contributed by atoms with Gasteiger partial charge in [0.15, 0.2) is 5.76 Å². The predicted molar refractivity (Wildman–Crippen MR) is 94.8 cm³/mol. The van der Waals surface area contributed by atoms with Crippen LogP contribution in [0.3, 0.4) is 0 Å². The summed E-state index contributed by atoms with van der Waals surface area (Å²) in [7, 11) is -3.75. The van der Waals surface area contributed by atoms with Crippen molar-refractivity contribution in [3.63, 3.8) is 0 Å². The maximum Gasteiger partial charge on any atom is 0.245 e. The molecule has 2 N–H and O–H groups in total. The van der Waals surface area contributed by atoms with E-state index < -0.39 is 10.0 Å². The molecule has 0 atom stereocenters. The average molecular weight is 365 g/mol. The smallest absolute Gasteiger partial charge is 0.245 e.